The van der Waals surface area contributed by atoms with E-state index in [1.807, 2.05) is 0 Å². The summed E-state index contributed by atoms with van der Waals surface area (Å²) in [6.07, 6.45) is -5.74. The van der Waals surface area contributed by atoms with Crippen LogP contribution in [0.4, 0.5) is 28.9 Å². The van der Waals surface area contributed by atoms with Gasteiger partial charge in [-0.05, 0) is 36.4 Å². The molecule has 0 N–H and O–H groups in total. The number of rotatable bonds is 4. The van der Waals surface area contributed by atoms with Crippen LogP contribution in [-0.4, -0.2) is 6.17 Å². The standard InChI is InChI=1S/C15H9F4N5/c16-11-2-1-3-13(8-11)22-24-14(9-20)23-21-12-6-4-10(5-7-12)15(17,18)19/h1-8,14H. The number of nitrogens with zero attached hydrogens (tertiary/aromatic N) is 5. The molecule has 0 saturated heterocycles. The molecule has 0 amide bonds. The maximum absolute atomic E-state index is 13.0. The van der Waals surface area contributed by atoms with E-state index in [1.54, 1.807) is 6.07 Å². The molecule has 0 aliphatic rings. The summed E-state index contributed by atoms with van der Waals surface area (Å²) in [5, 5.41) is 23.4. The van der Waals surface area contributed by atoms with Crippen LogP contribution in [-0.2, 0) is 6.18 Å². The third-order valence-electron chi connectivity index (χ3n) is 2.68. The largest absolute Gasteiger partial charge is 0.416 e. The molecule has 24 heavy (non-hydrogen) atoms. The molecule has 2 aromatic rings. The number of hydrogen-bond acceptors (Lipinski definition) is 5. The minimum atomic E-state index is -4.44. The predicted octanol–water partition coefficient (Wildman–Crippen LogP) is 5.56. The zero-order valence-corrected chi connectivity index (χ0v) is 11.9. The minimum Gasteiger partial charge on any atom is -0.207 e. The molecule has 1 atom stereocenters. The number of hydrogen-bond donors (Lipinski definition) is 0. The zero-order chi connectivity index (χ0) is 17.6. The van der Waals surface area contributed by atoms with Crippen molar-refractivity contribution in [3.8, 4) is 6.07 Å². The van der Waals surface area contributed by atoms with Crippen LogP contribution < -0.4 is 0 Å². The monoisotopic (exact) mass is 335 g/mol. The first-order chi connectivity index (χ1) is 11.4. The molecule has 0 aliphatic heterocycles. The molecule has 0 radical (unpaired) electrons. The Bertz CT molecular complexity index is 791. The van der Waals surface area contributed by atoms with Crippen LogP contribution in [0.1, 0.15) is 5.56 Å². The number of azo groups is 2. The van der Waals surface area contributed by atoms with Gasteiger partial charge in [0.25, 0.3) is 6.17 Å². The molecule has 0 aliphatic carbocycles. The lowest BCUT2D eigenvalue weighted by Gasteiger charge is -2.05. The number of nitriles is 1. The van der Waals surface area contributed by atoms with Gasteiger partial charge in [0.1, 0.15) is 11.9 Å². The summed E-state index contributed by atoms with van der Waals surface area (Å²) in [4.78, 5) is 0. The molecule has 0 heterocycles. The number of benzene rings is 2. The molecule has 0 bridgehead atoms. The Morgan fingerprint density at radius 2 is 1.54 bits per heavy atom. The highest BCUT2D eigenvalue weighted by molar-refractivity contribution is 5.39. The van der Waals surface area contributed by atoms with Gasteiger partial charge in [-0.25, -0.2) is 4.39 Å². The number of halogens is 4. The average Bonchev–Trinajstić information content (AvgIpc) is 2.55. The molecule has 5 nitrogen and oxygen atoms in total. The number of alkyl halides is 3. The summed E-state index contributed by atoms with van der Waals surface area (Å²) in [6, 6.07) is 10.9. The summed E-state index contributed by atoms with van der Waals surface area (Å²) < 4.78 is 50.3. The Labute approximate surface area is 134 Å². The van der Waals surface area contributed by atoms with Gasteiger partial charge in [0.2, 0.25) is 0 Å². The van der Waals surface area contributed by atoms with E-state index in [9.17, 15) is 17.6 Å². The minimum absolute atomic E-state index is 0.129. The van der Waals surface area contributed by atoms with E-state index in [1.165, 1.54) is 18.2 Å². The molecule has 0 saturated carbocycles. The molecule has 1 unspecified atom stereocenters. The van der Waals surface area contributed by atoms with Crippen LogP contribution in [0, 0.1) is 17.1 Å². The van der Waals surface area contributed by atoms with Gasteiger partial charge in [0, 0.05) is 6.07 Å². The average molecular weight is 335 g/mol. The Morgan fingerprint density at radius 1 is 0.917 bits per heavy atom. The van der Waals surface area contributed by atoms with E-state index in [0.717, 1.165) is 30.3 Å². The molecule has 2 aromatic carbocycles. The second kappa shape index (κ2) is 7.41. The van der Waals surface area contributed by atoms with Gasteiger partial charge in [-0.15, -0.1) is 10.2 Å². The second-order valence-electron chi connectivity index (χ2n) is 4.46. The Hall–Kier alpha value is -3.15. The maximum Gasteiger partial charge on any atom is 0.416 e. The lowest BCUT2D eigenvalue weighted by molar-refractivity contribution is -0.137. The van der Waals surface area contributed by atoms with Crippen molar-refractivity contribution in [2.45, 2.75) is 12.3 Å². The fourth-order valence-corrected chi connectivity index (χ4v) is 1.57. The summed E-state index contributed by atoms with van der Waals surface area (Å²) in [5.74, 6) is -0.508. The SMILES string of the molecule is N#CC(N=Nc1ccc(C(F)(F)F)cc1)N=Nc1cccc(F)c1. The van der Waals surface area contributed by atoms with E-state index in [-0.39, 0.29) is 11.4 Å². The van der Waals surface area contributed by atoms with Crippen LogP contribution in [0.2, 0.25) is 0 Å². The molecular formula is C15H9F4N5. The van der Waals surface area contributed by atoms with E-state index >= 15 is 0 Å². The van der Waals surface area contributed by atoms with Gasteiger partial charge >= 0.3 is 6.18 Å². The third kappa shape index (κ3) is 4.95. The van der Waals surface area contributed by atoms with Gasteiger partial charge in [-0.3, -0.25) is 0 Å². The van der Waals surface area contributed by atoms with Crippen LogP contribution in [0.25, 0.3) is 0 Å². The van der Waals surface area contributed by atoms with Gasteiger partial charge < -0.3 is 0 Å². The maximum atomic E-state index is 13.0. The molecular weight excluding hydrogens is 326 g/mol. The summed E-state index contributed by atoms with van der Waals surface area (Å²) >= 11 is 0. The lowest BCUT2D eigenvalue weighted by atomic mass is 10.2. The van der Waals surface area contributed by atoms with E-state index < -0.39 is 23.7 Å². The molecule has 122 valence electrons. The molecule has 0 aromatic heterocycles. The van der Waals surface area contributed by atoms with Gasteiger partial charge in [-0.1, -0.05) is 6.07 Å². The highest BCUT2D eigenvalue weighted by Crippen LogP contribution is 2.30. The molecule has 2 rings (SSSR count). The third-order valence-corrected chi connectivity index (χ3v) is 2.68. The molecule has 0 fully saturated rings. The van der Waals surface area contributed by atoms with Crippen LogP contribution in [0.5, 0.6) is 0 Å². The smallest absolute Gasteiger partial charge is 0.207 e. The van der Waals surface area contributed by atoms with Gasteiger partial charge in [0.15, 0.2) is 0 Å². The van der Waals surface area contributed by atoms with E-state index in [4.69, 9.17) is 5.26 Å². The summed E-state index contributed by atoms with van der Waals surface area (Å²) in [5.41, 5.74) is -0.492. The van der Waals surface area contributed by atoms with Crippen molar-refractivity contribution in [3.63, 3.8) is 0 Å². The van der Waals surface area contributed by atoms with Crippen LogP contribution in [0.3, 0.4) is 0 Å². The first-order valence-corrected chi connectivity index (χ1v) is 6.52. The normalized spacial score (nSPS) is 13.3. The van der Waals surface area contributed by atoms with Crippen LogP contribution in [0.15, 0.2) is 69.0 Å². The van der Waals surface area contributed by atoms with Crippen molar-refractivity contribution in [2.75, 3.05) is 0 Å². The predicted molar refractivity (Wildman–Crippen MR) is 76.3 cm³/mol. The van der Waals surface area contributed by atoms with Crippen molar-refractivity contribution >= 4 is 11.4 Å². The van der Waals surface area contributed by atoms with E-state index in [2.05, 4.69) is 20.5 Å². The van der Waals surface area contributed by atoms with Gasteiger partial charge in [0.05, 0.1) is 16.9 Å². The summed E-state index contributed by atoms with van der Waals surface area (Å²) in [6.45, 7) is 0. The topological polar surface area (TPSA) is 73.2 Å². The Balaban J connectivity index is 2.07. The Morgan fingerprint density at radius 3 is 2.08 bits per heavy atom. The zero-order valence-electron chi connectivity index (χ0n) is 11.9. The van der Waals surface area contributed by atoms with Crippen molar-refractivity contribution in [1.29, 1.82) is 5.26 Å². The molecule has 9 heteroatoms. The fraction of sp³-hybridized carbons (Fsp3) is 0.133. The van der Waals surface area contributed by atoms with Crippen LogP contribution >= 0.6 is 0 Å². The first kappa shape index (κ1) is 17.2. The quantitative estimate of drug-likeness (QED) is 0.532. The summed E-state index contributed by atoms with van der Waals surface area (Å²) in [7, 11) is 0. The van der Waals surface area contributed by atoms with Crippen molar-refractivity contribution in [3.05, 3.63) is 59.9 Å². The van der Waals surface area contributed by atoms with Gasteiger partial charge in [-0.2, -0.15) is 28.7 Å². The highest BCUT2D eigenvalue weighted by atomic mass is 19.4. The molecule has 0 spiro atoms. The van der Waals surface area contributed by atoms with Crippen molar-refractivity contribution < 1.29 is 17.6 Å². The van der Waals surface area contributed by atoms with Crippen molar-refractivity contribution in [1.82, 2.24) is 0 Å². The first-order valence-electron chi connectivity index (χ1n) is 6.52. The second-order valence-corrected chi connectivity index (χ2v) is 4.46. The Kier molecular flexibility index (Phi) is 5.31. The highest BCUT2D eigenvalue weighted by Gasteiger charge is 2.29. The van der Waals surface area contributed by atoms with Crippen molar-refractivity contribution in [2.24, 2.45) is 20.5 Å². The lowest BCUT2D eigenvalue weighted by Crippen LogP contribution is -2.03. The van der Waals surface area contributed by atoms with E-state index in [0.29, 0.717) is 0 Å². The fourth-order valence-electron chi connectivity index (χ4n) is 1.57.